The fourth-order valence-corrected chi connectivity index (χ4v) is 3.16. The minimum absolute atomic E-state index is 0. The summed E-state index contributed by atoms with van der Waals surface area (Å²) in [6.07, 6.45) is -2.32. The lowest BCUT2D eigenvalue weighted by molar-refractivity contribution is -0.137. The van der Waals surface area contributed by atoms with E-state index >= 15 is 0 Å². The van der Waals surface area contributed by atoms with Crippen LogP contribution in [0.4, 0.5) is 13.2 Å². The highest BCUT2D eigenvalue weighted by Crippen LogP contribution is 2.29. The highest BCUT2D eigenvalue weighted by atomic mass is 127. The number of likely N-dealkylation sites (tertiary alicyclic amines) is 1. The Morgan fingerprint density at radius 3 is 2.60 bits per heavy atom. The van der Waals surface area contributed by atoms with Crippen LogP contribution in [-0.2, 0) is 6.18 Å². The first-order chi connectivity index (χ1) is 13.8. The number of halogens is 4. The van der Waals surface area contributed by atoms with Crippen molar-refractivity contribution in [3.05, 3.63) is 47.5 Å². The van der Waals surface area contributed by atoms with Gasteiger partial charge in [-0.25, -0.2) is 4.99 Å². The number of hydrogen-bond donors (Lipinski definition) is 2. The van der Waals surface area contributed by atoms with Crippen molar-refractivity contribution in [2.24, 2.45) is 4.99 Å². The average molecular weight is 534 g/mol. The van der Waals surface area contributed by atoms with E-state index in [-0.39, 0.29) is 30.5 Å². The Bertz CT molecular complexity index is 773. The molecular weight excluding hydrogens is 504 g/mol. The van der Waals surface area contributed by atoms with Crippen LogP contribution in [-0.4, -0.2) is 49.6 Å². The van der Waals surface area contributed by atoms with E-state index in [0.717, 1.165) is 51.2 Å². The van der Waals surface area contributed by atoms with Crippen molar-refractivity contribution < 1.29 is 13.2 Å². The summed E-state index contributed by atoms with van der Waals surface area (Å²) in [5.41, 5.74) is 0.810. The molecule has 8 heteroatoms. The maximum atomic E-state index is 12.8. The average Bonchev–Trinajstić information content (AvgIpc) is 2.66. The fraction of sp³-hybridized carbons (Fsp3) is 0.500. The summed E-state index contributed by atoms with van der Waals surface area (Å²) in [7, 11) is 0. The van der Waals surface area contributed by atoms with Crippen LogP contribution in [0.15, 0.2) is 41.4 Å². The molecule has 1 aromatic carbocycles. The quantitative estimate of drug-likeness (QED) is 0.195. The largest absolute Gasteiger partial charge is 0.416 e. The lowest BCUT2D eigenvalue weighted by Crippen LogP contribution is -2.48. The Kier molecular flexibility index (Phi) is 11.3. The summed E-state index contributed by atoms with van der Waals surface area (Å²) in [6, 6.07) is 5.36. The van der Waals surface area contributed by atoms with Crippen LogP contribution in [0.25, 0.3) is 0 Å². The van der Waals surface area contributed by atoms with Crippen LogP contribution < -0.4 is 10.6 Å². The number of nitrogens with one attached hydrogen (secondary N) is 2. The van der Waals surface area contributed by atoms with Crippen LogP contribution in [0.5, 0.6) is 0 Å². The van der Waals surface area contributed by atoms with Gasteiger partial charge >= 0.3 is 6.18 Å². The van der Waals surface area contributed by atoms with E-state index in [1.807, 2.05) is 13.8 Å². The smallest absolute Gasteiger partial charge is 0.357 e. The van der Waals surface area contributed by atoms with Gasteiger partial charge in [0.2, 0.25) is 0 Å². The minimum atomic E-state index is -4.36. The van der Waals surface area contributed by atoms with Crippen LogP contribution in [0.3, 0.4) is 0 Å². The Balaban J connectivity index is 0.00000450. The molecule has 1 saturated heterocycles. The normalized spacial score (nSPS) is 15.6. The number of rotatable bonds is 5. The van der Waals surface area contributed by atoms with Crippen LogP contribution in [0.2, 0.25) is 0 Å². The number of hydrogen-bond acceptors (Lipinski definition) is 2. The third kappa shape index (κ3) is 9.39. The topological polar surface area (TPSA) is 39.7 Å². The fourth-order valence-electron chi connectivity index (χ4n) is 3.16. The Hall–Kier alpha value is -1.73. The summed E-state index contributed by atoms with van der Waals surface area (Å²) in [6.45, 7) is 11.9. The van der Waals surface area contributed by atoms with Gasteiger partial charge < -0.3 is 10.6 Å². The van der Waals surface area contributed by atoms with Gasteiger partial charge in [0.05, 0.1) is 5.56 Å². The van der Waals surface area contributed by atoms with E-state index in [1.165, 1.54) is 11.6 Å². The first kappa shape index (κ1) is 26.3. The van der Waals surface area contributed by atoms with Gasteiger partial charge in [0.1, 0.15) is 6.54 Å². The van der Waals surface area contributed by atoms with Gasteiger partial charge in [-0.3, -0.25) is 4.90 Å². The van der Waals surface area contributed by atoms with Gasteiger partial charge in [0, 0.05) is 37.8 Å². The van der Waals surface area contributed by atoms with Crippen LogP contribution in [0, 0.1) is 11.8 Å². The summed E-state index contributed by atoms with van der Waals surface area (Å²) < 4.78 is 38.3. The molecule has 0 saturated carbocycles. The first-order valence-corrected chi connectivity index (χ1v) is 9.85. The Morgan fingerprint density at radius 1 is 1.30 bits per heavy atom. The molecule has 0 bridgehead atoms. The SMILES string of the molecule is C=C(C)CN1CCC(NC(=NCC#Cc2cccc(C(F)(F)F)c2)NCC)CC1.I. The molecule has 0 spiro atoms. The standard InChI is InChI=1S/C22H29F3N4.HI/c1-4-26-21(28-20-10-13-29(14-11-20)16-17(2)3)27-12-6-8-18-7-5-9-19(15-18)22(23,24)25;/h5,7,9,15,20H,2,4,10-14,16H2,1,3H3,(H2,26,27,28);1H. The van der Waals surface area contributed by atoms with Gasteiger partial charge in [-0.05, 0) is 44.9 Å². The molecule has 0 unspecified atom stereocenters. The molecule has 1 heterocycles. The van der Waals surface area contributed by atoms with Gasteiger partial charge in [-0.2, -0.15) is 13.2 Å². The van der Waals surface area contributed by atoms with E-state index in [1.54, 1.807) is 6.07 Å². The number of nitrogens with zero attached hydrogens (tertiary/aromatic N) is 2. The van der Waals surface area contributed by atoms with E-state index in [0.29, 0.717) is 17.6 Å². The zero-order valence-corrected chi connectivity index (χ0v) is 19.8. The molecule has 166 valence electrons. The summed E-state index contributed by atoms with van der Waals surface area (Å²) in [5, 5.41) is 6.63. The number of benzene rings is 1. The van der Waals surface area contributed by atoms with Crippen LogP contribution >= 0.6 is 24.0 Å². The Morgan fingerprint density at radius 2 is 2.00 bits per heavy atom. The second kappa shape index (κ2) is 12.8. The van der Waals surface area contributed by atoms with Gasteiger partial charge in [0.15, 0.2) is 5.96 Å². The molecule has 0 atom stereocenters. The molecule has 1 aliphatic heterocycles. The first-order valence-electron chi connectivity index (χ1n) is 9.85. The summed E-state index contributed by atoms with van der Waals surface area (Å²) >= 11 is 0. The number of guanidine groups is 1. The van der Waals surface area contributed by atoms with E-state index in [2.05, 4.69) is 38.9 Å². The molecule has 0 aliphatic carbocycles. The highest BCUT2D eigenvalue weighted by Gasteiger charge is 2.30. The van der Waals surface area contributed by atoms with Crippen LogP contribution in [0.1, 0.15) is 37.8 Å². The van der Waals surface area contributed by atoms with Crippen molar-refractivity contribution in [3.63, 3.8) is 0 Å². The zero-order valence-electron chi connectivity index (χ0n) is 17.5. The molecule has 2 rings (SSSR count). The maximum Gasteiger partial charge on any atom is 0.416 e. The lowest BCUT2D eigenvalue weighted by atomic mass is 10.0. The van der Waals surface area contributed by atoms with Crippen molar-refractivity contribution in [1.82, 2.24) is 15.5 Å². The molecule has 1 aliphatic rings. The van der Waals surface area contributed by atoms with Gasteiger partial charge in [-0.15, -0.1) is 24.0 Å². The van der Waals surface area contributed by atoms with Gasteiger partial charge in [0.25, 0.3) is 0 Å². The molecule has 0 radical (unpaired) electrons. The van der Waals surface area contributed by atoms with Crippen molar-refractivity contribution in [3.8, 4) is 11.8 Å². The molecule has 1 fully saturated rings. The third-order valence-corrected chi connectivity index (χ3v) is 4.51. The van der Waals surface area contributed by atoms with E-state index < -0.39 is 11.7 Å². The summed E-state index contributed by atoms with van der Waals surface area (Å²) in [4.78, 5) is 6.83. The second-order valence-electron chi connectivity index (χ2n) is 7.23. The molecule has 0 amide bonds. The molecule has 30 heavy (non-hydrogen) atoms. The second-order valence-corrected chi connectivity index (χ2v) is 7.23. The molecule has 0 aromatic heterocycles. The number of piperidine rings is 1. The highest BCUT2D eigenvalue weighted by molar-refractivity contribution is 14.0. The number of alkyl halides is 3. The predicted molar refractivity (Wildman–Crippen MR) is 127 cm³/mol. The summed E-state index contributed by atoms with van der Waals surface area (Å²) in [5.74, 6) is 6.27. The monoisotopic (exact) mass is 534 g/mol. The number of aliphatic imine (C=N–C) groups is 1. The Labute approximate surface area is 194 Å². The maximum absolute atomic E-state index is 12.8. The van der Waals surface area contributed by atoms with E-state index in [9.17, 15) is 13.2 Å². The van der Waals surface area contributed by atoms with Crippen molar-refractivity contribution in [2.45, 2.75) is 38.9 Å². The van der Waals surface area contributed by atoms with Gasteiger partial charge in [-0.1, -0.05) is 30.1 Å². The van der Waals surface area contributed by atoms with Crippen molar-refractivity contribution in [1.29, 1.82) is 0 Å². The zero-order chi connectivity index (χ0) is 21.3. The molecular formula is C22H30F3IN4. The third-order valence-electron chi connectivity index (χ3n) is 4.51. The van der Waals surface area contributed by atoms with Crippen molar-refractivity contribution in [2.75, 3.05) is 32.7 Å². The van der Waals surface area contributed by atoms with Crippen molar-refractivity contribution >= 4 is 29.9 Å². The predicted octanol–water partition coefficient (Wildman–Crippen LogP) is 4.27. The molecule has 4 nitrogen and oxygen atoms in total. The van der Waals surface area contributed by atoms with E-state index in [4.69, 9.17) is 0 Å². The molecule has 1 aromatic rings. The minimum Gasteiger partial charge on any atom is -0.357 e. The lowest BCUT2D eigenvalue weighted by Gasteiger charge is -2.33. The molecule has 2 N–H and O–H groups in total.